The van der Waals surface area contributed by atoms with E-state index in [4.69, 9.17) is 0 Å². The van der Waals surface area contributed by atoms with Gasteiger partial charge in [0.25, 0.3) is 0 Å². The molecule has 0 aromatic heterocycles. The number of aliphatic hydroxyl groups excluding tert-OH is 2. The van der Waals surface area contributed by atoms with E-state index in [0.29, 0.717) is 18.9 Å². The van der Waals surface area contributed by atoms with Gasteiger partial charge in [-0.15, -0.1) is 0 Å². The minimum atomic E-state index is -0.507. The van der Waals surface area contributed by atoms with E-state index in [1.807, 2.05) is 0 Å². The van der Waals surface area contributed by atoms with Gasteiger partial charge in [0.05, 0.1) is 18.8 Å². The molecule has 2 fully saturated rings. The van der Waals surface area contributed by atoms with Gasteiger partial charge in [0.2, 0.25) is 0 Å². The first-order valence-corrected chi connectivity index (χ1v) is 8.37. The van der Waals surface area contributed by atoms with E-state index in [1.165, 1.54) is 19.3 Å². The number of urea groups is 1. The molecule has 5 nitrogen and oxygen atoms in total. The van der Waals surface area contributed by atoms with E-state index < -0.39 is 6.10 Å². The maximum Gasteiger partial charge on any atom is 0.318 e. The lowest BCUT2D eigenvalue weighted by atomic mass is 9.89. The van der Waals surface area contributed by atoms with Crippen LogP contribution in [0.1, 0.15) is 52.4 Å². The van der Waals surface area contributed by atoms with E-state index in [1.54, 1.807) is 4.90 Å². The standard InChI is InChI=1S/C16H30N2O3/c1-11(2)12-4-3-5-13(7-6-12)17-16(21)18-9-15(20)8-14(18)10-19/h11-15,19-20H,3-10H2,1-2H3,(H,17,21)/t12-,13+,14-,15-/m0/s1. The summed E-state index contributed by atoms with van der Waals surface area (Å²) in [6.45, 7) is 4.81. The summed E-state index contributed by atoms with van der Waals surface area (Å²) in [6, 6.07) is -0.133. The van der Waals surface area contributed by atoms with Crippen LogP contribution in [0.2, 0.25) is 0 Å². The van der Waals surface area contributed by atoms with Crippen LogP contribution in [0.15, 0.2) is 0 Å². The highest BCUT2D eigenvalue weighted by Crippen LogP contribution is 2.29. The summed E-state index contributed by atoms with van der Waals surface area (Å²) < 4.78 is 0. The Morgan fingerprint density at radius 1 is 1.29 bits per heavy atom. The maximum atomic E-state index is 12.3. The predicted molar refractivity (Wildman–Crippen MR) is 81.9 cm³/mol. The van der Waals surface area contributed by atoms with Crippen molar-refractivity contribution in [3.8, 4) is 0 Å². The molecule has 2 aliphatic rings. The third kappa shape index (κ3) is 4.33. The van der Waals surface area contributed by atoms with Crippen molar-refractivity contribution in [3.63, 3.8) is 0 Å². The second kappa shape index (κ2) is 7.45. The van der Waals surface area contributed by atoms with Gasteiger partial charge in [-0.05, 0) is 37.5 Å². The Labute approximate surface area is 127 Å². The fourth-order valence-corrected chi connectivity index (χ4v) is 3.71. The summed E-state index contributed by atoms with van der Waals surface area (Å²) in [5.74, 6) is 1.48. The van der Waals surface area contributed by atoms with Crippen molar-refractivity contribution < 1.29 is 15.0 Å². The maximum absolute atomic E-state index is 12.3. The first-order valence-electron chi connectivity index (χ1n) is 8.37. The molecule has 1 aliphatic heterocycles. The highest BCUT2D eigenvalue weighted by molar-refractivity contribution is 5.75. The van der Waals surface area contributed by atoms with Gasteiger partial charge in [-0.1, -0.05) is 26.7 Å². The normalized spacial score (nSPS) is 34.0. The summed E-state index contributed by atoms with van der Waals surface area (Å²) >= 11 is 0. The number of aliphatic hydroxyl groups is 2. The van der Waals surface area contributed by atoms with Crippen LogP contribution in [0.5, 0.6) is 0 Å². The fraction of sp³-hybridized carbons (Fsp3) is 0.938. The number of amides is 2. The van der Waals surface area contributed by atoms with Crippen molar-refractivity contribution in [2.24, 2.45) is 11.8 Å². The molecule has 1 saturated carbocycles. The lowest BCUT2D eigenvalue weighted by Crippen LogP contribution is -2.48. The number of carbonyl (C=O) groups is 1. The quantitative estimate of drug-likeness (QED) is 0.695. The van der Waals surface area contributed by atoms with Crippen LogP contribution < -0.4 is 5.32 Å². The number of nitrogens with one attached hydrogen (secondary N) is 1. The molecular formula is C16H30N2O3. The highest BCUT2D eigenvalue weighted by atomic mass is 16.3. The summed E-state index contributed by atoms with van der Waals surface area (Å²) in [7, 11) is 0. The van der Waals surface area contributed by atoms with Crippen LogP contribution in [-0.4, -0.2) is 52.5 Å². The summed E-state index contributed by atoms with van der Waals surface area (Å²) in [4.78, 5) is 13.9. The molecule has 1 heterocycles. The van der Waals surface area contributed by atoms with Gasteiger partial charge in [-0.3, -0.25) is 0 Å². The predicted octanol–water partition coefficient (Wildman–Crippen LogP) is 1.73. The molecule has 2 rings (SSSR count). The third-order valence-corrected chi connectivity index (χ3v) is 5.15. The first-order chi connectivity index (χ1) is 10.0. The number of carbonyl (C=O) groups excluding carboxylic acids is 1. The first kappa shape index (κ1) is 16.6. The van der Waals surface area contributed by atoms with E-state index in [0.717, 1.165) is 18.8 Å². The molecule has 122 valence electrons. The number of rotatable bonds is 3. The summed E-state index contributed by atoms with van der Waals surface area (Å²) in [5, 5.41) is 22.1. The summed E-state index contributed by atoms with van der Waals surface area (Å²) in [5.41, 5.74) is 0. The Hall–Kier alpha value is -0.810. The number of hydrogen-bond acceptors (Lipinski definition) is 3. The zero-order valence-electron chi connectivity index (χ0n) is 13.3. The summed E-state index contributed by atoms with van der Waals surface area (Å²) in [6.07, 6.45) is 5.64. The average Bonchev–Trinajstić information content (AvgIpc) is 2.67. The van der Waals surface area contributed by atoms with Gasteiger partial charge in [-0.2, -0.15) is 0 Å². The number of β-amino-alcohol motifs (C(OH)–C–C–N with tert-alkyl or cyclic N) is 1. The molecule has 2 amide bonds. The molecule has 0 bridgehead atoms. The molecule has 0 unspecified atom stereocenters. The second-order valence-electron chi connectivity index (χ2n) is 7.04. The van der Waals surface area contributed by atoms with Crippen molar-refractivity contribution >= 4 is 6.03 Å². The zero-order chi connectivity index (χ0) is 15.4. The minimum absolute atomic E-state index is 0.0788. The molecule has 3 N–H and O–H groups in total. The van der Waals surface area contributed by atoms with E-state index in [9.17, 15) is 15.0 Å². The smallest absolute Gasteiger partial charge is 0.318 e. The number of hydrogen-bond donors (Lipinski definition) is 3. The van der Waals surface area contributed by atoms with E-state index >= 15 is 0 Å². The van der Waals surface area contributed by atoms with Gasteiger partial charge in [0.1, 0.15) is 0 Å². The lowest BCUT2D eigenvalue weighted by Gasteiger charge is -2.26. The Morgan fingerprint density at radius 3 is 2.71 bits per heavy atom. The van der Waals surface area contributed by atoms with Gasteiger partial charge in [0.15, 0.2) is 0 Å². The topological polar surface area (TPSA) is 72.8 Å². The monoisotopic (exact) mass is 298 g/mol. The average molecular weight is 298 g/mol. The fourth-order valence-electron chi connectivity index (χ4n) is 3.71. The van der Waals surface area contributed by atoms with Crippen molar-refractivity contribution in [2.75, 3.05) is 13.2 Å². The van der Waals surface area contributed by atoms with Crippen LogP contribution in [0.4, 0.5) is 4.79 Å². The largest absolute Gasteiger partial charge is 0.394 e. The highest BCUT2D eigenvalue weighted by Gasteiger charge is 2.34. The molecule has 0 spiro atoms. The van der Waals surface area contributed by atoms with Crippen molar-refractivity contribution in [3.05, 3.63) is 0 Å². The number of likely N-dealkylation sites (tertiary alicyclic amines) is 1. The molecule has 4 atom stereocenters. The van der Waals surface area contributed by atoms with Crippen LogP contribution in [0.3, 0.4) is 0 Å². The van der Waals surface area contributed by atoms with Crippen LogP contribution in [0, 0.1) is 11.8 Å². The van der Waals surface area contributed by atoms with Gasteiger partial charge < -0.3 is 20.4 Å². The Balaban J connectivity index is 1.85. The Bertz CT molecular complexity index is 348. The van der Waals surface area contributed by atoms with Crippen molar-refractivity contribution in [1.29, 1.82) is 0 Å². The Morgan fingerprint density at radius 2 is 2.05 bits per heavy atom. The third-order valence-electron chi connectivity index (χ3n) is 5.15. The SMILES string of the molecule is CC(C)[C@H]1CCC[C@@H](NC(=O)N2C[C@@H](O)C[C@H]2CO)CC1. The number of nitrogens with zero attached hydrogens (tertiary/aromatic N) is 1. The molecule has 21 heavy (non-hydrogen) atoms. The van der Waals surface area contributed by atoms with Crippen LogP contribution in [0.25, 0.3) is 0 Å². The van der Waals surface area contributed by atoms with Crippen LogP contribution >= 0.6 is 0 Å². The zero-order valence-corrected chi connectivity index (χ0v) is 13.3. The lowest BCUT2D eigenvalue weighted by molar-refractivity contribution is 0.151. The molecule has 5 heteroatoms. The molecule has 0 aromatic rings. The van der Waals surface area contributed by atoms with Crippen molar-refractivity contribution in [1.82, 2.24) is 10.2 Å². The molecular weight excluding hydrogens is 268 g/mol. The molecule has 1 saturated heterocycles. The molecule has 0 radical (unpaired) electrons. The van der Waals surface area contributed by atoms with Gasteiger partial charge in [-0.25, -0.2) is 4.79 Å². The Kier molecular flexibility index (Phi) is 5.88. The van der Waals surface area contributed by atoms with Gasteiger partial charge >= 0.3 is 6.03 Å². The van der Waals surface area contributed by atoms with Crippen molar-refractivity contribution in [2.45, 2.75) is 70.6 Å². The van der Waals surface area contributed by atoms with Crippen LogP contribution in [-0.2, 0) is 0 Å². The van der Waals surface area contributed by atoms with E-state index in [-0.39, 0.29) is 24.7 Å². The van der Waals surface area contributed by atoms with Gasteiger partial charge in [0, 0.05) is 12.6 Å². The second-order valence-corrected chi connectivity index (χ2v) is 7.04. The molecule has 0 aromatic carbocycles. The molecule has 1 aliphatic carbocycles. The minimum Gasteiger partial charge on any atom is -0.394 e. The van der Waals surface area contributed by atoms with E-state index in [2.05, 4.69) is 19.2 Å².